The minimum atomic E-state index is -0.884. The summed E-state index contributed by atoms with van der Waals surface area (Å²) in [7, 11) is 0. The lowest BCUT2D eigenvalue weighted by Crippen LogP contribution is -2.29. The Hall–Kier alpha value is -2.42. The van der Waals surface area contributed by atoms with Crippen LogP contribution in [0.2, 0.25) is 0 Å². The Kier molecular flexibility index (Phi) is 9.68. The second-order valence-corrected chi connectivity index (χ2v) is 9.37. The third kappa shape index (κ3) is 6.78. The largest absolute Gasteiger partial charge is 0.478 e. The molecule has 0 heterocycles. The molecule has 0 aromatic heterocycles. The van der Waals surface area contributed by atoms with Gasteiger partial charge in [-0.15, -0.1) is 0 Å². The maximum atomic E-state index is 11.2. The first-order chi connectivity index (χ1) is 14.4. The fraction of sp³-hybridized carbons (Fsp3) is 0.500. The molecular formula is C28H40O3. The Morgan fingerprint density at radius 3 is 2.10 bits per heavy atom. The molecule has 170 valence electrons. The maximum absolute atomic E-state index is 11.2. The molecule has 1 rings (SSSR count). The molecule has 31 heavy (non-hydrogen) atoms. The Bertz CT molecular complexity index is 899. The molecule has 1 atom stereocenters. The maximum Gasteiger partial charge on any atom is 0.331 e. The van der Waals surface area contributed by atoms with E-state index in [0.717, 1.165) is 42.3 Å². The Morgan fingerprint density at radius 1 is 1.06 bits per heavy atom. The van der Waals surface area contributed by atoms with Gasteiger partial charge in [0.25, 0.3) is 0 Å². The number of carbonyl (C=O) groups excluding carboxylic acids is 1. The monoisotopic (exact) mass is 424 g/mol. The number of aldehydes is 1. The molecule has 0 saturated carbocycles. The number of carbonyl (C=O) groups is 2. The summed E-state index contributed by atoms with van der Waals surface area (Å²) >= 11 is 0. The van der Waals surface area contributed by atoms with E-state index in [4.69, 9.17) is 5.11 Å². The van der Waals surface area contributed by atoms with E-state index in [2.05, 4.69) is 53.7 Å². The van der Waals surface area contributed by atoms with Crippen molar-refractivity contribution in [2.75, 3.05) is 0 Å². The zero-order valence-corrected chi connectivity index (χ0v) is 20.8. The minimum absolute atomic E-state index is 0.0467. The van der Waals surface area contributed by atoms with Gasteiger partial charge in [0.2, 0.25) is 0 Å². The van der Waals surface area contributed by atoms with Gasteiger partial charge in [-0.3, -0.25) is 4.79 Å². The van der Waals surface area contributed by atoms with Crippen molar-refractivity contribution >= 4 is 12.3 Å². The summed E-state index contributed by atoms with van der Waals surface area (Å²) in [6.45, 7) is 18.5. The summed E-state index contributed by atoms with van der Waals surface area (Å²) in [4.78, 5) is 22.3. The smallest absolute Gasteiger partial charge is 0.331 e. The van der Waals surface area contributed by atoms with E-state index in [-0.39, 0.29) is 5.41 Å². The van der Waals surface area contributed by atoms with Crippen molar-refractivity contribution < 1.29 is 14.7 Å². The second-order valence-electron chi connectivity index (χ2n) is 9.37. The molecule has 0 aromatic carbocycles. The van der Waals surface area contributed by atoms with Crippen LogP contribution >= 0.6 is 0 Å². The molecule has 0 aromatic rings. The van der Waals surface area contributed by atoms with Crippen LogP contribution in [-0.4, -0.2) is 17.4 Å². The van der Waals surface area contributed by atoms with Gasteiger partial charge in [-0.25, -0.2) is 4.79 Å². The van der Waals surface area contributed by atoms with Gasteiger partial charge in [-0.05, 0) is 106 Å². The van der Waals surface area contributed by atoms with E-state index in [1.54, 1.807) is 6.92 Å². The zero-order chi connectivity index (χ0) is 23.9. The van der Waals surface area contributed by atoms with Crippen LogP contribution in [0.1, 0.15) is 81.6 Å². The highest BCUT2D eigenvalue weighted by Crippen LogP contribution is 2.47. The molecule has 3 nitrogen and oxygen atoms in total. The first kappa shape index (κ1) is 26.6. The summed E-state index contributed by atoms with van der Waals surface area (Å²) in [5, 5.41) is 9.16. The molecule has 3 heteroatoms. The molecule has 0 saturated heterocycles. The van der Waals surface area contributed by atoms with E-state index in [1.807, 2.05) is 26.0 Å². The Labute approximate surface area is 189 Å². The normalized spacial score (nSPS) is 21.8. The fourth-order valence-corrected chi connectivity index (χ4v) is 4.15. The minimum Gasteiger partial charge on any atom is -0.478 e. The molecule has 1 aliphatic rings. The topological polar surface area (TPSA) is 54.4 Å². The van der Waals surface area contributed by atoms with Crippen molar-refractivity contribution in [3.63, 3.8) is 0 Å². The van der Waals surface area contributed by atoms with E-state index < -0.39 is 5.97 Å². The van der Waals surface area contributed by atoms with Crippen LogP contribution in [0, 0.1) is 11.3 Å². The first-order valence-corrected chi connectivity index (χ1v) is 11.2. The summed E-state index contributed by atoms with van der Waals surface area (Å²) in [6, 6.07) is 0. The van der Waals surface area contributed by atoms with Crippen molar-refractivity contribution in [3.05, 3.63) is 68.9 Å². The third-order valence-electron chi connectivity index (χ3n) is 6.83. The summed E-state index contributed by atoms with van der Waals surface area (Å²) < 4.78 is 0. The van der Waals surface area contributed by atoms with Crippen LogP contribution in [0.5, 0.6) is 0 Å². The highest BCUT2D eigenvalue weighted by molar-refractivity contribution is 5.87. The number of carboxylic acids is 1. The predicted molar refractivity (Wildman–Crippen MR) is 131 cm³/mol. The average Bonchev–Trinajstić information content (AvgIpc) is 2.72. The molecular weight excluding hydrogens is 384 g/mol. The van der Waals surface area contributed by atoms with Crippen molar-refractivity contribution in [2.45, 2.75) is 81.6 Å². The van der Waals surface area contributed by atoms with Gasteiger partial charge in [-0.2, -0.15) is 0 Å². The van der Waals surface area contributed by atoms with Crippen molar-refractivity contribution in [1.82, 2.24) is 0 Å². The average molecular weight is 425 g/mol. The van der Waals surface area contributed by atoms with Crippen LogP contribution in [0.3, 0.4) is 0 Å². The molecule has 0 amide bonds. The van der Waals surface area contributed by atoms with E-state index in [9.17, 15) is 9.59 Å². The van der Waals surface area contributed by atoms with Gasteiger partial charge in [0, 0.05) is 5.57 Å². The van der Waals surface area contributed by atoms with Gasteiger partial charge in [0.1, 0.15) is 6.29 Å². The van der Waals surface area contributed by atoms with Gasteiger partial charge >= 0.3 is 5.97 Å². The van der Waals surface area contributed by atoms with Crippen molar-refractivity contribution in [3.8, 4) is 0 Å². The van der Waals surface area contributed by atoms with Gasteiger partial charge in [0.15, 0.2) is 0 Å². The van der Waals surface area contributed by atoms with Crippen LogP contribution < -0.4 is 0 Å². The number of aliphatic carboxylic acids is 1. The molecule has 0 bridgehead atoms. The number of hydrogen-bond donors (Lipinski definition) is 1. The van der Waals surface area contributed by atoms with E-state index in [1.165, 1.54) is 22.3 Å². The standard InChI is InChI=1S/C28H40O3/c1-10-24(22(6)19(3)11-12-20(4)23(7)27(30)31)16-26-21(5)13-14-25(28(26,8)9)15-18(2)17-29/h11-12,15-17,25H,10,13-14H2,1-9H3,(H,30,31). The fourth-order valence-electron chi connectivity index (χ4n) is 4.15. The number of allylic oxidation sites excluding steroid dienone is 11. The van der Waals surface area contributed by atoms with Crippen LogP contribution in [0.25, 0.3) is 0 Å². The highest BCUT2D eigenvalue weighted by Gasteiger charge is 2.35. The molecule has 1 aliphatic carbocycles. The highest BCUT2D eigenvalue weighted by atomic mass is 16.4. The lowest BCUT2D eigenvalue weighted by atomic mass is 9.64. The third-order valence-corrected chi connectivity index (χ3v) is 6.83. The molecule has 0 fully saturated rings. The van der Waals surface area contributed by atoms with E-state index >= 15 is 0 Å². The number of carboxylic acid groups (broad SMARTS) is 1. The predicted octanol–water partition coefficient (Wildman–Crippen LogP) is 7.53. The Balaban J connectivity index is 3.40. The zero-order valence-electron chi connectivity index (χ0n) is 20.8. The molecule has 0 aliphatic heterocycles. The number of hydrogen-bond acceptors (Lipinski definition) is 2. The molecule has 1 unspecified atom stereocenters. The van der Waals surface area contributed by atoms with Crippen molar-refractivity contribution in [2.24, 2.45) is 11.3 Å². The SMILES string of the molecule is CCC(=CC1=C(C)CCC(C=C(C)C=O)C1(C)C)C(C)=C(C)C=CC(C)=C(C)C(=O)O. The molecule has 1 N–H and O–H groups in total. The van der Waals surface area contributed by atoms with Crippen LogP contribution in [0.15, 0.2) is 68.9 Å². The second kappa shape index (κ2) is 11.3. The summed E-state index contributed by atoms with van der Waals surface area (Å²) in [5.74, 6) is -0.548. The molecule has 0 spiro atoms. The van der Waals surface area contributed by atoms with Crippen molar-refractivity contribution in [1.29, 1.82) is 0 Å². The van der Waals surface area contributed by atoms with Crippen LogP contribution in [-0.2, 0) is 9.59 Å². The quantitative estimate of drug-likeness (QED) is 0.249. The lowest BCUT2D eigenvalue weighted by molar-refractivity contribution is -0.132. The van der Waals surface area contributed by atoms with E-state index in [0.29, 0.717) is 11.5 Å². The number of rotatable bonds is 8. The first-order valence-electron chi connectivity index (χ1n) is 11.2. The van der Waals surface area contributed by atoms with Gasteiger partial charge < -0.3 is 5.11 Å². The molecule has 0 radical (unpaired) electrons. The summed E-state index contributed by atoms with van der Waals surface area (Å²) in [6.07, 6.45) is 12.3. The van der Waals surface area contributed by atoms with Gasteiger partial charge in [-0.1, -0.05) is 50.6 Å². The summed E-state index contributed by atoms with van der Waals surface area (Å²) in [5.41, 5.74) is 8.30. The van der Waals surface area contributed by atoms with Crippen LogP contribution in [0.4, 0.5) is 0 Å². The van der Waals surface area contributed by atoms with Gasteiger partial charge in [0.05, 0.1) is 0 Å². The lowest BCUT2D eigenvalue weighted by Gasteiger charge is -2.40. The Morgan fingerprint density at radius 2 is 1.61 bits per heavy atom.